The van der Waals surface area contributed by atoms with Crippen LogP contribution in [0.3, 0.4) is 0 Å². The first kappa shape index (κ1) is 14.9. The molecule has 1 unspecified atom stereocenters. The number of carboxylic acid groups (broad SMARTS) is 1. The minimum absolute atomic E-state index is 0.516. The molecule has 6 nitrogen and oxygen atoms in total. The van der Waals surface area contributed by atoms with E-state index in [9.17, 15) is 9.90 Å². The summed E-state index contributed by atoms with van der Waals surface area (Å²) in [6, 6.07) is 4.77. The average molecular weight is 286 g/mol. The van der Waals surface area contributed by atoms with E-state index in [4.69, 9.17) is 0 Å². The highest BCUT2D eigenvalue weighted by atomic mass is 16.4. The number of rotatable bonds is 6. The Bertz CT molecular complexity index is 616. The molecule has 0 fully saturated rings. The number of carboxylic acids is 1. The van der Waals surface area contributed by atoms with Gasteiger partial charge in [-0.1, -0.05) is 13.3 Å². The number of carbonyl (C=O) groups is 1. The summed E-state index contributed by atoms with van der Waals surface area (Å²) in [5.41, 5.74) is 1.57. The normalized spacial score (nSPS) is 11.9. The molecule has 110 valence electrons. The summed E-state index contributed by atoms with van der Waals surface area (Å²) in [5.74, 6) is 0.171. The van der Waals surface area contributed by atoms with Gasteiger partial charge in [0.1, 0.15) is 11.9 Å². The molecule has 0 aromatic carbocycles. The second-order valence-corrected chi connectivity index (χ2v) is 4.78. The molecule has 0 aliphatic rings. The zero-order chi connectivity index (χ0) is 15.2. The number of hydrogen-bond acceptors (Lipinski definition) is 5. The molecular formula is C15H18N4O2. The van der Waals surface area contributed by atoms with Crippen molar-refractivity contribution in [3.8, 4) is 11.4 Å². The first-order chi connectivity index (χ1) is 10.1. The van der Waals surface area contributed by atoms with E-state index in [1.165, 1.54) is 0 Å². The Kier molecular flexibility index (Phi) is 4.81. The second-order valence-electron chi connectivity index (χ2n) is 4.78. The summed E-state index contributed by atoms with van der Waals surface area (Å²) >= 11 is 0. The quantitative estimate of drug-likeness (QED) is 0.848. The lowest BCUT2D eigenvalue weighted by molar-refractivity contribution is -0.138. The summed E-state index contributed by atoms with van der Waals surface area (Å²) in [4.78, 5) is 24.0. The van der Waals surface area contributed by atoms with Gasteiger partial charge in [-0.05, 0) is 25.5 Å². The summed E-state index contributed by atoms with van der Waals surface area (Å²) in [7, 11) is 0. The van der Waals surface area contributed by atoms with Crippen molar-refractivity contribution in [1.82, 2.24) is 15.0 Å². The fraction of sp³-hybridized carbons (Fsp3) is 0.333. The lowest BCUT2D eigenvalue weighted by atomic mass is 10.1. The van der Waals surface area contributed by atoms with Crippen molar-refractivity contribution >= 4 is 11.8 Å². The maximum absolute atomic E-state index is 11.2. The van der Waals surface area contributed by atoms with Crippen molar-refractivity contribution in [3.63, 3.8) is 0 Å². The molecule has 21 heavy (non-hydrogen) atoms. The van der Waals surface area contributed by atoms with Crippen LogP contribution in [0.5, 0.6) is 0 Å². The maximum Gasteiger partial charge on any atom is 0.326 e. The molecule has 6 heteroatoms. The van der Waals surface area contributed by atoms with Crippen LogP contribution in [0.25, 0.3) is 11.4 Å². The summed E-state index contributed by atoms with van der Waals surface area (Å²) < 4.78 is 0. The van der Waals surface area contributed by atoms with Gasteiger partial charge in [-0.15, -0.1) is 0 Å². The van der Waals surface area contributed by atoms with Crippen molar-refractivity contribution in [2.24, 2.45) is 0 Å². The van der Waals surface area contributed by atoms with Gasteiger partial charge in [0, 0.05) is 29.7 Å². The minimum Gasteiger partial charge on any atom is -0.480 e. The number of aryl methyl sites for hydroxylation is 1. The van der Waals surface area contributed by atoms with Gasteiger partial charge in [0.15, 0.2) is 5.82 Å². The highest BCUT2D eigenvalue weighted by Gasteiger charge is 2.17. The van der Waals surface area contributed by atoms with Crippen molar-refractivity contribution < 1.29 is 9.90 Å². The van der Waals surface area contributed by atoms with Gasteiger partial charge >= 0.3 is 5.97 Å². The van der Waals surface area contributed by atoms with E-state index >= 15 is 0 Å². The van der Waals surface area contributed by atoms with E-state index in [1.54, 1.807) is 18.5 Å². The van der Waals surface area contributed by atoms with Crippen LogP contribution in [-0.2, 0) is 4.79 Å². The molecule has 0 spiro atoms. The van der Waals surface area contributed by atoms with Gasteiger partial charge in [-0.2, -0.15) is 0 Å². The largest absolute Gasteiger partial charge is 0.480 e. The van der Waals surface area contributed by atoms with E-state index in [0.717, 1.165) is 17.7 Å². The Morgan fingerprint density at radius 3 is 2.86 bits per heavy atom. The number of pyridine rings is 1. The Morgan fingerprint density at radius 1 is 1.43 bits per heavy atom. The molecule has 2 aromatic heterocycles. The zero-order valence-corrected chi connectivity index (χ0v) is 12.1. The first-order valence-electron chi connectivity index (χ1n) is 6.85. The van der Waals surface area contributed by atoms with Gasteiger partial charge in [0.05, 0.1) is 0 Å². The fourth-order valence-corrected chi connectivity index (χ4v) is 1.99. The van der Waals surface area contributed by atoms with Gasteiger partial charge < -0.3 is 10.4 Å². The third kappa shape index (κ3) is 3.98. The van der Waals surface area contributed by atoms with Gasteiger partial charge in [0.2, 0.25) is 0 Å². The van der Waals surface area contributed by atoms with Crippen LogP contribution in [0.4, 0.5) is 5.82 Å². The summed E-state index contributed by atoms with van der Waals surface area (Å²) in [5, 5.41) is 12.2. The van der Waals surface area contributed by atoms with Gasteiger partial charge in [-0.25, -0.2) is 14.8 Å². The van der Waals surface area contributed by atoms with Crippen molar-refractivity contribution in [1.29, 1.82) is 0 Å². The molecule has 1 atom stereocenters. The van der Waals surface area contributed by atoms with Crippen LogP contribution in [0.2, 0.25) is 0 Å². The van der Waals surface area contributed by atoms with E-state index in [2.05, 4.69) is 20.3 Å². The van der Waals surface area contributed by atoms with Crippen LogP contribution in [-0.4, -0.2) is 32.1 Å². The lowest BCUT2D eigenvalue weighted by Crippen LogP contribution is -2.29. The molecule has 0 bridgehead atoms. The molecule has 2 aromatic rings. The highest BCUT2D eigenvalue weighted by molar-refractivity contribution is 5.77. The van der Waals surface area contributed by atoms with Crippen molar-refractivity contribution in [3.05, 3.63) is 36.3 Å². The molecule has 2 heterocycles. The highest BCUT2D eigenvalue weighted by Crippen LogP contribution is 2.17. The SMILES string of the molecule is CCCC(Nc1cc(C)nc(-c2cccnc2)n1)C(=O)O. The number of nitrogens with zero attached hydrogens (tertiary/aromatic N) is 3. The van der Waals surface area contributed by atoms with Crippen LogP contribution in [0, 0.1) is 6.92 Å². The number of hydrogen-bond donors (Lipinski definition) is 2. The molecule has 0 saturated heterocycles. The molecule has 0 radical (unpaired) electrons. The Morgan fingerprint density at radius 2 is 2.24 bits per heavy atom. The van der Waals surface area contributed by atoms with Crippen LogP contribution < -0.4 is 5.32 Å². The number of aliphatic carboxylic acids is 1. The molecule has 0 aliphatic heterocycles. The van der Waals surface area contributed by atoms with E-state index in [0.29, 0.717) is 18.1 Å². The standard InChI is InChI=1S/C15H18N4O2/c1-3-5-12(15(20)21)18-13-8-10(2)17-14(19-13)11-6-4-7-16-9-11/h4,6-9,12H,3,5H2,1-2H3,(H,20,21)(H,17,18,19). The maximum atomic E-state index is 11.2. The topological polar surface area (TPSA) is 88.0 Å². The minimum atomic E-state index is -0.879. The average Bonchev–Trinajstić information content (AvgIpc) is 2.47. The molecule has 0 saturated carbocycles. The fourth-order valence-electron chi connectivity index (χ4n) is 1.99. The second kappa shape index (κ2) is 6.78. The van der Waals surface area contributed by atoms with E-state index in [-0.39, 0.29) is 0 Å². The van der Waals surface area contributed by atoms with Crippen molar-refractivity contribution in [2.45, 2.75) is 32.7 Å². The number of nitrogens with one attached hydrogen (secondary N) is 1. The first-order valence-corrected chi connectivity index (χ1v) is 6.85. The Balaban J connectivity index is 2.29. The third-order valence-electron chi connectivity index (χ3n) is 2.97. The Hall–Kier alpha value is -2.50. The number of anilines is 1. The molecule has 2 rings (SSSR count). The van der Waals surface area contributed by atoms with Crippen molar-refractivity contribution in [2.75, 3.05) is 5.32 Å². The van der Waals surface area contributed by atoms with E-state index in [1.807, 2.05) is 26.0 Å². The third-order valence-corrected chi connectivity index (χ3v) is 2.97. The molecule has 0 amide bonds. The van der Waals surface area contributed by atoms with Crippen LogP contribution in [0.1, 0.15) is 25.5 Å². The van der Waals surface area contributed by atoms with E-state index < -0.39 is 12.0 Å². The van der Waals surface area contributed by atoms with Gasteiger partial charge in [0.25, 0.3) is 0 Å². The van der Waals surface area contributed by atoms with Crippen LogP contribution in [0.15, 0.2) is 30.6 Å². The van der Waals surface area contributed by atoms with Gasteiger partial charge in [-0.3, -0.25) is 4.98 Å². The number of aromatic nitrogens is 3. The Labute approximate surface area is 123 Å². The predicted molar refractivity (Wildman–Crippen MR) is 80.0 cm³/mol. The monoisotopic (exact) mass is 286 g/mol. The summed E-state index contributed by atoms with van der Waals surface area (Å²) in [6.07, 6.45) is 4.68. The zero-order valence-electron chi connectivity index (χ0n) is 12.1. The predicted octanol–water partition coefficient (Wildman–Crippen LogP) is 2.51. The smallest absolute Gasteiger partial charge is 0.326 e. The molecule has 0 aliphatic carbocycles. The summed E-state index contributed by atoms with van der Waals surface area (Å²) in [6.45, 7) is 3.80. The van der Waals surface area contributed by atoms with Crippen LogP contribution >= 0.6 is 0 Å². The lowest BCUT2D eigenvalue weighted by Gasteiger charge is -2.15. The molecular weight excluding hydrogens is 268 g/mol. The molecule has 2 N–H and O–H groups in total.